The Labute approximate surface area is 114 Å². The van der Waals surface area contributed by atoms with E-state index in [9.17, 15) is 0 Å². The highest BCUT2D eigenvalue weighted by molar-refractivity contribution is 6.32. The predicted molar refractivity (Wildman–Crippen MR) is 76.7 cm³/mol. The summed E-state index contributed by atoms with van der Waals surface area (Å²) in [5.74, 6) is 1.00. The van der Waals surface area contributed by atoms with Gasteiger partial charge in [0.05, 0.1) is 12.4 Å². The number of halogens is 1. The Morgan fingerprint density at radius 2 is 1.83 bits per heavy atom. The quantitative estimate of drug-likeness (QED) is 0.632. The van der Waals surface area contributed by atoms with Crippen molar-refractivity contribution in [1.82, 2.24) is 0 Å². The summed E-state index contributed by atoms with van der Waals surface area (Å²) in [5, 5.41) is 8.27. The van der Waals surface area contributed by atoms with Gasteiger partial charge in [-0.05, 0) is 43.5 Å². The maximum absolute atomic E-state index is 7.48. The van der Waals surface area contributed by atoms with Gasteiger partial charge in [0.1, 0.15) is 5.75 Å². The Kier molecular flexibility index (Phi) is 4.63. The largest absolute Gasteiger partial charge is 0.494 e. The number of aryl methyl sites for hydroxylation is 2. The van der Waals surface area contributed by atoms with Gasteiger partial charge in [-0.2, -0.15) is 0 Å². The maximum Gasteiger partial charge on any atom is 0.119 e. The lowest BCUT2D eigenvalue weighted by Crippen LogP contribution is -2.32. The molecule has 0 atom stereocenters. The van der Waals surface area contributed by atoms with Crippen molar-refractivity contribution in [3.8, 4) is 5.75 Å². The molecule has 0 amide bonds. The van der Waals surface area contributed by atoms with Crippen molar-refractivity contribution >= 4 is 17.4 Å². The molecule has 1 aromatic rings. The average molecular weight is 269 g/mol. The first kappa shape index (κ1) is 14.8. The smallest absolute Gasteiger partial charge is 0.119 e. The van der Waals surface area contributed by atoms with Gasteiger partial charge < -0.3 is 10.5 Å². The summed E-state index contributed by atoms with van der Waals surface area (Å²) in [7, 11) is 0. The maximum atomic E-state index is 7.48. The van der Waals surface area contributed by atoms with E-state index >= 15 is 0 Å². The van der Waals surface area contributed by atoms with Gasteiger partial charge >= 0.3 is 0 Å². The molecule has 18 heavy (non-hydrogen) atoms. The molecule has 1 rings (SSSR count). The van der Waals surface area contributed by atoms with Crippen LogP contribution in [0.5, 0.6) is 5.75 Å². The van der Waals surface area contributed by atoms with Crippen LogP contribution < -0.4 is 10.5 Å². The van der Waals surface area contributed by atoms with E-state index in [0.717, 1.165) is 21.9 Å². The number of nitrogens with two attached hydrogens (primary N) is 1. The Bertz CT molecular complexity index is 432. The lowest BCUT2D eigenvalue weighted by molar-refractivity contribution is 0.268. The van der Waals surface area contributed by atoms with Crippen LogP contribution in [0.1, 0.15) is 31.4 Å². The number of hydrogen-bond acceptors (Lipinski definition) is 2. The second-order valence-corrected chi connectivity index (χ2v) is 5.65. The highest BCUT2D eigenvalue weighted by Gasteiger charge is 2.21. The van der Waals surface area contributed by atoms with Gasteiger partial charge in [0.15, 0.2) is 0 Å². The molecule has 0 spiro atoms. The first-order valence-electron chi connectivity index (χ1n) is 5.98. The third kappa shape index (κ3) is 3.64. The molecule has 0 bridgehead atoms. The van der Waals surface area contributed by atoms with Gasteiger partial charge in [-0.3, -0.25) is 5.41 Å². The van der Waals surface area contributed by atoms with E-state index in [4.69, 9.17) is 27.5 Å². The molecule has 0 aliphatic carbocycles. The zero-order chi connectivity index (χ0) is 13.9. The normalized spacial score (nSPS) is 11.4. The molecule has 1 aromatic carbocycles. The molecule has 100 valence electrons. The van der Waals surface area contributed by atoms with E-state index < -0.39 is 0 Å². The van der Waals surface area contributed by atoms with E-state index in [0.29, 0.717) is 13.0 Å². The van der Waals surface area contributed by atoms with E-state index in [1.165, 1.54) is 0 Å². The fraction of sp³-hybridized carbons (Fsp3) is 0.500. The minimum atomic E-state index is -0.323. The highest BCUT2D eigenvalue weighted by atomic mass is 35.5. The van der Waals surface area contributed by atoms with Crippen LogP contribution >= 0.6 is 11.6 Å². The van der Waals surface area contributed by atoms with Gasteiger partial charge in [-0.25, -0.2) is 0 Å². The molecule has 4 heteroatoms. The number of benzene rings is 1. The van der Waals surface area contributed by atoms with Crippen molar-refractivity contribution in [3.63, 3.8) is 0 Å². The first-order chi connectivity index (χ1) is 8.24. The van der Waals surface area contributed by atoms with Gasteiger partial charge in [0.25, 0.3) is 0 Å². The fourth-order valence-corrected chi connectivity index (χ4v) is 1.66. The lowest BCUT2D eigenvalue weighted by atomic mass is 9.88. The molecule has 3 nitrogen and oxygen atoms in total. The minimum Gasteiger partial charge on any atom is -0.494 e. The van der Waals surface area contributed by atoms with E-state index in [1.807, 2.05) is 39.8 Å². The molecule has 0 saturated carbocycles. The summed E-state index contributed by atoms with van der Waals surface area (Å²) in [4.78, 5) is 0. The molecular formula is C14H21ClN2O. The van der Waals surface area contributed by atoms with Crippen LogP contribution in [0.25, 0.3) is 0 Å². The summed E-state index contributed by atoms with van der Waals surface area (Å²) >= 11 is 6.10. The van der Waals surface area contributed by atoms with Gasteiger partial charge in [0, 0.05) is 10.4 Å². The summed E-state index contributed by atoms with van der Waals surface area (Å²) < 4.78 is 5.70. The zero-order valence-corrected chi connectivity index (χ0v) is 12.2. The summed E-state index contributed by atoms with van der Waals surface area (Å²) in [5.41, 5.74) is 7.23. The second kappa shape index (κ2) is 5.61. The molecule has 0 heterocycles. The molecule has 0 aromatic heterocycles. The van der Waals surface area contributed by atoms with Crippen molar-refractivity contribution in [2.75, 3.05) is 6.61 Å². The van der Waals surface area contributed by atoms with Crippen LogP contribution in [0.3, 0.4) is 0 Å². The van der Waals surface area contributed by atoms with E-state index in [1.54, 1.807) is 0 Å². The van der Waals surface area contributed by atoms with Crippen molar-refractivity contribution < 1.29 is 4.74 Å². The second-order valence-electron chi connectivity index (χ2n) is 5.27. The van der Waals surface area contributed by atoms with Crippen LogP contribution in [-0.4, -0.2) is 12.4 Å². The van der Waals surface area contributed by atoms with Gasteiger partial charge in [0.2, 0.25) is 0 Å². The van der Waals surface area contributed by atoms with Crippen LogP contribution in [0.4, 0.5) is 0 Å². The number of nitrogens with one attached hydrogen (secondary N) is 1. The SMILES string of the molecule is Cc1cc(OCCC(C)(C)C(=N)N)cc(C)c1Cl. The molecule has 0 aliphatic rings. The Morgan fingerprint density at radius 1 is 1.33 bits per heavy atom. The van der Waals surface area contributed by atoms with E-state index in [-0.39, 0.29) is 11.3 Å². The first-order valence-corrected chi connectivity index (χ1v) is 6.36. The summed E-state index contributed by atoms with van der Waals surface area (Å²) in [6.07, 6.45) is 0.711. The number of rotatable bonds is 5. The van der Waals surface area contributed by atoms with Crippen LogP contribution in [-0.2, 0) is 0 Å². The van der Waals surface area contributed by atoms with Gasteiger partial charge in [-0.15, -0.1) is 0 Å². The van der Waals surface area contributed by atoms with Crippen molar-refractivity contribution in [3.05, 3.63) is 28.3 Å². The van der Waals surface area contributed by atoms with E-state index in [2.05, 4.69) is 0 Å². The monoisotopic (exact) mass is 268 g/mol. The third-order valence-electron chi connectivity index (χ3n) is 3.13. The summed E-state index contributed by atoms with van der Waals surface area (Å²) in [6.45, 7) is 8.34. The number of amidine groups is 1. The average Bonchev–Trinajstić information content (AvgIpc) is 2.25. The molecule has 0 radical (unpaired) electrons. The predicted octanol–water partition coefficient (Wildman–Crippen LogP) is 3.69. The zero-order valence-electron chi connectivity index (χ0n) is 11.4. The van der Waals surface area contributed by atoms with Gasteiger partial charge in [-0.1, -0.05) is 25.4 Å². The van der Waals surface area contributed by atoms with Crippen molar-refractivity contribution in [1.29, 1.82) is 5.41 Å². The van der Waals surface area contributed by atoms with Crippen molar-refractivity contribution in [2.24, 2.45) is 11.1 Å². The van der Waals surface area contributed by atoms with Crippen LogP contribution in [0.15, 0.2) is 12.1 Å². The number of ether oxygens (including phenoxy) is 1. The molecule has 0 unspecified atom stereocenters. The summed E-state index contributed by atoms with van der Waals surface area (Å²) in [6, 6.07) is 3.85. The Balaban J connectivity index is 2.63. The van der Waals surface area contributed by atoms with Crippen molar-refractivity contribution in [2.45, 2.75) is 34.1 Å². The Morgan fingerprint density at radius 3 is 2.28 bits per heavy atom. The lowest BCUT2D eigenvalue weighted by Gasteiger charge is -2.22. The highest BCUT2D eigenvalue weighted by Crippen LogP contribution is 2.27. The Hall–Kier alpha value is -1.22. The molecule has 0 aliphatic heterocycles. The molecule has 0 saturated heterocycles. The standard InChI is InChI=1S/C14H21ClN2O/c1-9-7-11(8-10(2)12(9)15)18-6-5-14(3,4)13(16)17/h7-8H,5-6H2,1-4H3,(H3,16,17). The molecular weight excluding hydrogens is 248 g/mol. The molecule has 3 N–H and O–H groups in total. The topological polar surface area (TPSA) is 59.1 Å². The molecule has 0 fully saturated rings. The fourth-order valence-electron chi connectivity index (χ4n) is 1.55. The minimum absolute atomic E-state index is 0.189. The van der Waals surface area contributed by atoms with Crippen LogP contribution in [0.2, 0.25) is 5.02 Å². The number of hydrogen-bond donors (Lipinski definition) is 2. The van der Waals surface area contributed by atoms with Crippen LogP contribution in [0, 0.1) is 24.7 Å². The third-order valence-corrected chi connectivity index (χ3v) is 3.73.